The van der Waals surface area contributed by atoms with Gasteiger partial charge in [0.1, 0.15) is 0 Å². The van der Waals surface area contributed by atoms with Crippen LogP contribution in [0, 0.1) is 5.92 Å². The van der Waals surface area contributed by atoms with Gasteiger partial charge in [-0.3, -0.25) is 14.9 Å². The quantitative estimate of drug-likeness (QED) is 0.733. The van der Waals surface area contributed by atoms with E-state index in [-0.39, 0.29) is 41.1 Å². The zero-order valence-corrected chi connectivity index (χ0v) is 17.8. The minimum Gasteiger partial charge on any atom is -0.376 e. The molecule has 3 aliphatic rings. The van der Waals surface area contributed by atoms with E-state index in [0.29, 0.717) is 31.2 Å². The average Bonchev–Trinajstić information content (AvgIpc) is 3.45. The first-order valence-electron chi connectivity index (χ1n) is 10.6. The first-order chi connectivity index (χ1) is 15.1. The van der Waals surface area contributed by atoms with E-state index in [0.717, 1.165) is 43.1 Å². The highest BCUT2D eigenvalue weighted by atomic mass is 32.1. The van der Waals surface area contributed by atoms with Crippen molar-refractivity contribution in [3.63, 3.8) is 0 Å². The van der Waals surface area contributed by atoms with Crippen LogP contribution in [-0.2, 0) is 11.3 Å². The lowest BCUT2D eigenvalue weighted by atomic mass is 9.83. The molecule has 31 heavy (non-hydrogen) atoms. The van der Waals surface area contributed by atoms with Crippen LogP contribution in [0.3, 0.4) is 0 Å². The Morgan fingerprint density at radius 3 is 3.00 bits per heavy atom. The Balaban J connectivity index is 1.24. The monoisotopic (exact) mass is 444 g/mol. The fourth-order valence-corrected chi connectivity index (χ4v) is 5.31. The molecule has 2 saturated heterocycles. The van der Waals surface area contributed by atoms with Gasteiger partial charge in [0.15, 0.2) is 10.7 Å². The fourth-order valence-electron chi connectivity index (χ4n) is 4.76. The number of amides is 3. The fraction of sp³-hybridized carbons (Fsp3) is 0.550. The van der Waals surface area contributed by atoms with E-state index in [1.165, 1.54) is 0 Å². The number of anilines is 1. The van der Waals surface area contributed by atoms with Crippen molar-refractivity contribution in [2.75, 3.05) is 31.6 Å². The van der Waals surface area contributed by atoms with E-state index >= 15 is 0 Å². The van der Waals surface area contributed by atoms with Crippen LogP contribution in [0.2, 0.25) is 0 Å². The second-order valence-corrected chi connectivity index (χ2v) is 9.08. The van der Waals surface area contributed by atoms with E-state index in [2.05, 4.69) is 20.2 Å². The number of pyridine rings is 1. The second kappa shape index (κ2) is 8.39. The Morgan fingerprint density at radius 2 is 2.16 bits per heavy atom. The average molecular weight is 445 g/mol. The molecule has 0 spiro atoms. The number of carbonyl (C=O) groups excluding carboxylic acids is 2. The zero-order chi connectivity index (χ0) is 21.4. The van der Waals surface area contributed by atoms with Crippen molar-refractivity contribution < 1.29 is 14.3 Å². The molecule has 0 aromatic carbocycles. The Bertz CT molecular complexity index is 1050. The molecule has 2 aromatic heterocycles. The zero-order valence-electron chi connectivity index (χ0n) is 17.0. The summed E-state index contributed by atoms with van der Waals surface area (Å²) >= 11 is 0.983. The predicted octanol–water partition coefficient (Wildman–Crippen LogP) is 1.26. The van der Waals surface area contributed by atoms with E-state index in [4.69, 9.17) is 4.74 Å². The normalized spacial score (nSPS) is 24.5. The van der Waals surface area contributed by atoms with Gasteiger partial charge in [0, 0.05) is 62.0 Å². The van der Waals surface area contributed by atoms with Crippen LogP contribution in [-0.4, -0.2) is 63.3 Å². The number of hydrogen-bond donors (Lipinski definition) is 2. The molecular formula is C20H24N6O4S. The summed E-state index contributed by atoms with van der Waals surface area (Å²) in [5.41, 5.74) is 1.11. The maximum atomic E-state index is 13.0. The largest absolute Gasteiger partial charge is 0.376 e. The van der Waals surface area contributed by atoms with Crippen LogP contribution in [0.1, 0.15) is 41.4 Å². The Kier molecular flexibility index (Phi) is 5.45. The SMILES string of the molecule is O=C(NC[C@H]1CCCO1)c1nnsc1NC(=O)N1C[C@H]2C[C@@H](C1)c1cccc(=O)n1C2. The minimum atomic E-state index is -0.372. The van der Waals surface area contributed by atoms with E-state index in [1.807, 2.05) is 10.6 Å². The van der Waals surface area contributed by atoms with E-state index in [1.54, 1.807) is 17.0 Å². The first kappa shape index (κ1) is 20.1. The number of hydrogen-bond acceptors (Lipinski definition) is 7. The molecule has 3 aliphatic heterocycles. The molecule has 5 heterocycles. The smallest absolute Gasteiger partial charge is 0.322 e. The molecule has 3 amide bonds. The Labute approximate surface area is 182 Å². The molecule has 2 aromatic rings. The standard InChI is InChI=1S/C20H24N6O4S/c27-16-5-1-4-15-13-7-12(10-26(15)16)9-25(11-13)20(29)22-19-17(23-24-31-19)18(28)21-8-14-3-2-6-30-14/h1,4-5,12-14H,2-3,6-11H2,(H,21,28)(H,22,29)/t12-,13+,14-/m1/s1. The van der Waals surface area contributed by atoms with Gasteiger partial charge in [0.05, 0.1) is 6.10 Å². The molecule has 0 aliphatic carbocycles. The molecule has 0 saturated carbocycles. The van der Waals surface area contributed by atoms with E-state index in [9.17, 15) is 14.4 Å². The molecular weight excluding hydrogens is 420 g/mol. The van der Waals surface area contributed by atoms with Gasteiger partial charge in [0.25, 0.3) is 11.5 Å². The van der Waals surface area contributed by atoms with Crippen molar-refractivity contribution in [2.45, 2.75) is 37.8 Å². The predicted molar refractivity (Wildman–Crippen MR) is 113 cm³/mol. The van der Waals surface area contributed by atoms with Crippen LogP contribution in [0.5, 0.6) is 0 Å². The van der Waals surface area contributed by atoms with Crippen molar-refractivity contribution in [3.05, 3.63) is 39.9 Å². The van der Waals surface area contributed by atoms with Gasteiger partial charge < -0.3 is 19.5 Å². The highest BCUT2D eigenvalue weighted by Crippen LogP contribution is 2.35. The topological polar surface area (TPSA) is 118 Å². The van der Waals surface area contributed by atoms with Gasteiger partial charge in [-0.15, -0.1) is 5.10 Å². The maximum Gasteiger partial charge on any atom is 0.322 e. The van der Waals surface area contributed by atoms with Gasteiger partial charge in [-0.25, -0.2) is 4.79 Å². The molecule has 5 rings (SSSR count). The van der Waals surface area contributed by atoms with Crippen molar-refractivity contribution in [1.82, 2.24) is 24.4 Å². The minimum absolute atomic E-state index is 0.0134. The molecule has 2 N–H and O–H groups in total. The van der Waals surface area contributed by atoms with E-state index < -0.39 is 0 Å². The van der Waals surface area contributed by atoms with Gasteiger partial charge in [-0.2, -0.15) is 0 Å². The van der Waals surface area contributed by atoms with Crippen LogP contribution in [0.15, 0.2) is 23.0 Å². The summed E-state index contributed by atoms with van der Waals surface area (Å²) in [6.45, 7) is 2.85. The van der Waals surface area contributed by atoms with Crippen molar-refractivity contribution in [1.29, 1.82) is 0 Å². The highest BCUT2D eigenvalue weighted by molar-refractivity contribution is 7.10. The summed E-state index contributed by atoms with van der Waals surface area (Å²) < 4.78 is 11.2. The van der Waals surface area contributed by atoms with Gasteiger partial charge in [-0.05, 0) is 31.2 Å². The number of nitrogens with zero attached hydrogens (tertiary/aromatic N) is 4. The van der Waals surface area contributed by atoms with Gasteiger partial charge in [-0.1, -0.05) is 10.6 Å². The molecule has 164 valence electrons. The lowest BCUT2D eigenvalue weighted by molar-refractivity contribution is 0.0854. The third kappa shape index (κ3) is 4.07. The Morgan fingerprint density at radius 1 is 1.26 bits per heavy atom. The summed E-state index contributed by atoms with van der Waals surface area (Å²) in [5, 5.41) is 9.86. The summed E-state index contributed by atoms with van der Waals surface area (Å²) in [7, 11) is 0. The van der Waals surface area contributed by atoms with Crippen LogP contribution >= 0.6 is 11.5 Å². The first-order valence-corrected chi connectivity index (χ1v) is 11.3. The molecule has 2 bridgehead atoms. The van der Waals surface area contributed by atoms with Crippen molar-refractivity contribution >= 4 is 28.5 Å². The summed E-state index contributed by atoms with van der Waals surface area (Å²) in [6, 6.07) is 5.04. The van der Waals surface area contributed by atoms with Crippen LogP contribution in [0.25, 0.3) is 0 Å². The number of likely N-dealkylation sites (tertiary alicyclic amines) is 1. The molecule has 0 radical (unpaired) electrons. The number of piperidine rings is 1. The highest BCUT2D eigenvalue weighted by Gasteiger charge is 2.36. The number of rotatable bonds is 4. The number of nitrogens with one attached hydrogen (secondary N) is 2. The molecule has 11 heteroatoms. The molecule has 2 fully saturated rings. The molecule has 10 nitrogen and oxygen atoms in total. The van der Waals surface area contributed by atoms with Crippen molar-refractivity contribution in [2.24, 2.45) is 5.92 Å². The molecule has 0 unspecified atom stereocenters. The Hall–Kier alpha value is -2.79. The number of fused-ring (bicyclic) bond motifs is 4. The summed E-state index contributed by atoms with van der Waals surface area (Å²) in [4.78, 5) is 39.4. The maximum absolute atomic E-state index is 13.0. The number of aromatic nitrogens is 3. The number of urea groups is 1. The number of ether oxygens (including phenoxy) is 1. The van der Waals surface area contributed by atoms with Gasteiger partial charge in [0.2, 0.25) is 0 Å². The lowest BCUT2D eigenvalue weighted by Crippen LogP contribution is -2.50. The third-order valence-electron chi connectivity index (χ3n) is 6.20. The summed E-state index contributed by atoms with van der Waals surface area (Å²) in [5.74, 6) is -0.0184. The summed E-state index contributed by atoms with van der Waals surface area (Å²) in [6.07, 6.45) is 2.91. The van der Waals surface area contributed by atoms with Crippen LogP contribution in [0.4, 0.5) is 9.80 Å². The number of carbonyl (C=O) groups is 2. The van der Waals surface area contributed by atoms with Crippen molar-refractivity contribution in [3.8, 4) is 0 Å². The van der Waals surface area contributed by atoms with Gasteiger partial charge >= 0.3 is 6.03 Å². The second-order valence-electron chi connectivity index (χ2n) is 8.33. The van der Waals surface area contributed by atoms with Crippen LogP contribution < -0.4 is 16.2 Å². The third-order valence-corrected chi connectivity index (χ3v) is 6.85. The lowest BCUT2D eigenvalue weighted by Gasteiger charge is -2.42. The molecule has 3 atom stereocenters.